The number of carbonyl (C=O) groups is 2. The van der Waals surface area contributed by atoms with Crippen LogP contribution in [0.1, 0.15) is 21.7 Å². The van der Waals surface area contributed by atoms with E-state index in [0.29, 0.717) is 0 Å². The van der Waals surface area contributed by atoms with Crippen molar-refractivity contribution in [3.63, 3.8) is 0 Å². The molecule has 0 saturated carbocycles. The third kappa shape index (κ3) is 6.12. The number of hydrogen-bond acceptors (Lipinski definition) is 8. The van der Waals surface area contributed by atoms with Crippen molar-refractivity contribution in [3.05, 3.63) is 99.9 Å². The van der Waals surface area contributed by atoms with Gasteiger partial charge < -0.3 is 23.4 Å². The third-order valence-corrected chi connectivity index (χ3v) is 5.17. The summed E-state index contributed by atoms with van der Waals surface area (Å²) in [6, 6.07) is 17.4. The largest absolute Gasteiger partial charge is 0.482 e. The van der Waals surface area contributed by atoms with Gasteiger partial charge in [-0.25, -0.2) is 9.59 Å². The molecule has 0 bridgehead atoms. The molecule has 1 heterocycles. The standard InChI is InChI=1S/C27H19F3O8/c1-34-26(33)17-7-9-18(10-8-17)37-24-23(32)20-12-11-19(13-21(20)38-25(24)27(28,29)30)35-15-22(31)36-14-16-5-3-2-4-6-16/h2-13H,14-15H2,1H3. The number of methoxy groups -OCH3 is 1. The molecular formula is C27H19F3O8. The molecule has 0 N–H and O–H groups in total. The van der Waals surface area contributed by atoms with Crippen LogP contribution >= 0.6 is 0 Å². The second-order valence-corrected chi connectivity index (χ2v) is 7.80. The molecule has 0 aliphatic carbocycles. The Bertz CT molecular complexity index is 1510. The van der Waals surface area contributed by atoms with Gasteiger partial charge in [0.25, 0.3) is 5.76 Å². The number of ether oxygens (including phenoxy) is 4. The monoisotopic (exact) mass is 528 g/mol. The average Bonchev–Trinajstić information content (AvgIpc) is 2.92. The van der Waals surface area contributed by atoms with Gasteiger partial charge in [-0.3, -0.25) is 4.79 Å². The molecule has 0 saturated heterocycles. The minimum atomic E-state index is -5.08. The van der Waals surface area contributed by atoms with Gasteiger partial charge in [-0.1, -0.05) is 30.3 Å². The maximum absolute atomic E-state index is 13.8. The van der Waals surface area contributed by atoms with Crippen molar-refractivity contribution in [2.45, 2.75) is 12.8 Å². The fourth-order valence-electron chi connectivity index (χ4n) is 3.34. The normalized spacial score (nSPS) is 11.2. The van der Waals surface area contributed by atoms with Gasteiger partial charge in [-0.05, 0) is 42.0 Å². The van der Waals surface area contributed by atoms with E-state index in [2.05, 4.69) is 4.74 Å². The summed E-state index contributed by atoms with van der Waals surface area (Å²) >= 11 is 0. The zero-order chi connectivity index (χ0) is 27.3. The first-order chi connectivity index (χ1) is 18.2. The summed E-state index contributed by atoms with van der Waals surface area (Å²) in [5, 5.41) is -0.210. The van der Waals surface area contributed by atoms with Crippen LogP contribution in [-0.2, 0) is 27.1 Å². The molecule has 8 nitrogen and oxygen atoms in total. The van der Waals surface area contributed by atoms with Crippen molar-refractivity contribution in [2.24, 2.45) is 0 Å². The molecule has 4 rings (SSSR count). The second kappa shape index (κ2) is 11.1. The molecule has 0 aliphatic heterocycles. The van der Waals surface area contributed by atoms with E-state index < -0.39 is 47.2 Å². The van der Waals surface area contributed by atoms with Crippen molar-refractivity contribution < 1.29 is 46.1 Å². The molecular weight excluding hydrogens is 509 g/mol. The van der Waals surface area contributed by atoms with Crippen molar-refractivity contribution in [1.29, 1.82) is 0 Å². The molecule has 4 aromatic rings. The van der Waals surface area contributed by atoms with Gasteiger partial charge in [0.05, 0.1) is 18.1 Å². The highest BCUT2D eigenvalue weighted by molar-refractivity contribution is 5.89. The number of carbonyl (C=O) groups excluding carboxylic acids is 2. The molecule has 38 heavy (non-hydrogen) atoms. The lowest BCUT2D eigenvalue weighted by Crippen LogP contribution is -2.16. The molecule has 0 aliphatic rings. The van der Waals surface area contributed by atoms with Crippen LogP contribution in [0.2, 0.25) is 0 Å². The molecule has 11 heteroatoms. The SMILES string of the molecule is COC(=O)c1ccc(Oc2c(C(F)(F)F)oc3cc(OCC(=O)OCc4ccccc4)ccc3c2=O)cc1. The highest BCUT2D eigenvalue weighted by Gasteiger charge is 2.40. The Labute approximate surface area is 213 Å². The third-order valence-electron chi connectivity index (χ3n) is 5.17. The summed E-state index contributed by atoms with van der Waals surface area (Å²) in [4.78, 5) is 36.5. The summed E-state index contributed by atoms with van der Waals surface area (Å²) in [5.74, 6) is -4.24. The Hall–Kier alpha value is -4.80. The summed E-state index contributed by atoms with van der Waals surface area (Å²) < 4.78 is 66.6. The molecule has 0 unspecified atom stereocenters. The minimum absolute atomic E-state index is 0.0162. The minimum Gasteiger partial charge on any atom is -0.482 e. The van der Waals surface area contributed by atoms with Gasteiger partial charge in [0.2, 0.25) is 11.2 Å². The van der Waals surface area contributed by atoms with E-state index >= 15 is 0 Å². The van der Waals surface area contributed by atoms with E-state index in [9.17, 15) is 27.6 Å². The lowest BCUT2D eigenvalue weighted by atomic mass is 10.2. The number of benzene rings is 3. The molecule has 0 fully saturated rings. The molecule has 0 radical (unpaired) electrons. The second-order valence-electron chi connectivity index (χ2n) is 7.80. The smallest absolute Gasteiger partial charge is 0.453 e. The Morgan fingerprint density at radius 1 is 0.921 bits per heavy atom. The number of hydrogen-bond donors (Lipinski definition) is 0. The first-order valence-corrected chi connectivity index (χ1v) is 11.0. The molecule has 0 spiro atoms. The molecule has 3 aromatic carbocycles. The molecule has 1 aromatic heterocycles. The van der Waals surface area contributed by atoms with Crippen molar-refractivity contribution >= 4 is 22.9 Å². The van der Waals surface area contributed by atoms with Crippen LogP contribution in [0.4, 0.5) is 13.2 Å². The number of esters is 2. The Kier molecular flexibility index (Phi) is 7.66. The van der Waals surface area contributed by atoms with Gasteiger partial charge in [-0.15, -0.1) is 0 Å². The quantitative estimate of drug-likeness (QED) is 0.276. The van der Waals surface area contributed by atoms with E-state index in [0.717, 1.165) is 11.6 Å². The van der Waals surface area contributed by atoms with Crippen LogP contribution in [0.25, 0.3) is 11.0 Å². The van der Waals surface area contributed by atoms with Gasteiger partial charge in [0.1, 0.15) is 23.7 Å². The van der Waals surface area contributed by atoms with Crippen LogP contribution in [0.15, 0.2) is 82.0 Å². The van der Waals surface area contributed by atoms with Crippen molar-refractivity contribution in [1.82, 2.24) is 0 Å². The Morgan fingerprint density at radius 3 is 2.26 bits per heavy atom. The fraction of sp³-hybridized carbons (Fsp3) is 0.148. The van der Waals surface area contributed by atoms with E-state index in [4.69, 9.17) is 18.6 Å². The van der Waals surface area contributed by atoms with E-state index in [-0.39, 0.29) is 29.1 Å². The number of alkyl halides is 3. The van der Waals surface area contributed by atoms with E-state index in [1.54, 1.807) is 24.3 Å². The number of rotatable bonds is 8. The van der Waals surface area contributed by atoms with Crippen LogP contribution in [-0.4, -0.2) is 25.7 Å². The maximum atomic E-state index is 13.8. The van der Waals surface area contributed by atoms with Gasteiger partial charge in [-0.2, -0.15) is 13.2 Å². The van der Waals surface area contributed by atoms with Crippen LogP contribution in [0, 0.1) is 0 Å². The van der Waals surface area contributed by atoms with Crippen molar-refractivity contribution in [3.8, 4) is 17.2 Å². The van der Waals surface area contributed by atoms with Crippen LogP contribution < -0.4 is 14.9 Å². The predicted octanol–water partition coefficient (Wildman–Crippen LogP) is 5.51. The Morgan fingerprint density at radius 2 is 1.61 bits per heavy atom. The molecule has 0 atom stereocenters. The van der Waals surface area contributed by atoms with Crippen LogP contribution in [0.3, 0.4) is 0 Å². The van der Waals surface area contributed by atoms with Gasteiger partial charge in [0.15, 0.2) is 6.61 Å². The topological polar surface area (TPSA) is 101 Å². The van der Waals surface area contributed by atoms with E-state index in [1.807, 2.05) is 6.07 Å². The zero-order valence-electron chi connectivity index (χ0n) is 19.7. The maximum Gasteiger partial charge on any atom is 0.453 e. The summed E-state index contributed by atoms with van der Waals surface area (Å²) in [6.45, 7) is -0.490. The van der Waals surface area contributed by atoms with Crippen LogP contribution in [0.5, 0.6) is 17.2 Å². The Balaban J connectivity index is 1.55. The summed E-state index contributed by atoms with van der Waals surface area (Å²) in [6.07, 6.45) is -5.08. The van der Waals surface area contributed by atoms with Gasteiger partial charge >= 0.3 is 18.1 Å². The first-order valence-electron chi connectivity index (χ1n) is 11.0. The van der Waals surface area contributed by atoms with Gasteiger partial charge in [0, 0.05) is 6.07 Å². The number of fused-ring (bicyclic) bond motifs is 1. The lowest BCUT2D eigenvalue weighted by Gasteiger charge is -2.14. The number of halogens is 3. The average molecular weight is 528 g/mol. The zero-order valence-corrected chi connectivity index (χ0v) is 19.7. The van der Waals surface area contributed by atoms with Crippen molar-refractivity contribution in [2.75, 3.05) is 13.7 Å². The fourth-order valence-corrected chi connectivity index (χ4v) is 3.34. The predicted molar refractivity (Wildman–Crippen MR) is 127 cm³/mol. The molecule has 196 valence electrons. The molecule has 0 amide bonds. The summed E-state index contributed by atoms with van der Waals surface area (Å²) in [7, 11) is 1.18. The highest BCUT2D eigenvalue weighted by atomic mass is 19.4. The lowest BCUT2D eigenvalue weighted by molar-refractivity contribution is -0.154. The van der Waals surface area contributed by atoms with E-state index in [1.165, 1.54) is 43.5 Å². The summed E-state index contributed by atoms with van der Waals surface area (Å²) in [5.41, 5.74) is -0.598. The first kappa shape index (κ1) is 26.3. The highest BCUT2D eigenvalue weighted by Crippen LogP contribution is 2.38.